The molecule has 1 aliphatic rings. The van der Waals surface area contributed by atoms with Gasteiger partial charge < -0.3 is 9.64 Å². The number of benzene rings is 1. The van der Waals surface area contributed by atoms with Crippen molar-refractivity contribution in [2.24, 2.45) is 0 Å². The second-order valence-corrected chi connectivity index (χ2v) is 6.20. The molecular formula is C16H22BrNO2. The van der Waals surface area contributed by atoms with Gasteiger partial charge in [0.05, 0.1) is 6.10 Å². The van der Waals surface area contributed by atoms with E-state index in [4.69, 9.17) is 4.74 Å². The number of hydrogen-bond acceptors (Lipinski definition) is 2. The van der Waals surface area contributed by atoms with Crippen LogP contribution in [0.15, 0.2) is 22.7 Å². The number of carbonyl (C=O) groups is 1. The first-order valence-corrected chi connectivity index (χ1v) is 8.08. The largest absolute Gasteiger partial charge is 0.376 e. The molecule has 1 atom stereocenters. The lowest BCUT2D eigenvalue weighted by Crippen LogP contribution is -2.43. The zero-order valence-electron chi connectivity index (χ0n) is 12.2. The van der Waals surface area contributed by atoms with Crippen molar-refractivity contribution in [3.05, 3.63) is 33.8 Å². The van der Waals surface area contributed by atoms with Gasteiger partial charge in [0, 0.05) is 29.7 Å². The van der Waals surface area contributed by atoms with Crippen molar-refractivity contribution in [1.29, 1.82) is 0 Å². The number of amides is 1. The van der Waals surface area contributed by atoms with Crippen LogP contribution in [0.1, 0.15) is 42.1 Å². The van der Waals surface area contributed by atoms with Gasteiger partial charge in [0.2, 0.25) is 0 Å². The standard InChI is InChI=1S/C16H22BrNO2/c1-3-9-20-14-5-4-8-18(11-14)16(19)13-7-6-12(2)15(17)10-13/h6-7,10,14H,3-5,8-9,11H2,1-2H3. The number of likely N-dealkylation sites (tertiary alicyclic amines) is 1. The number of hydrogen-bond donors (Lipinski definition) is 0. The summed E-state index contributed by atoms with van der Waals surface area (Å²) in [6, 6.07) is 5.79. The summed E-state index contributed by atoms with van der Waals surface area (Å²) in [4.78, 5) is 14.4. The van der Waals surface area contributed by atoms with Gasteiger partial charge in [-0.1, -0.05) is 28.9 Å². The van der Waals surface area contributed by atoms with Crippen LogP contribution < -0.4 is 0 Å². The first-order chi connectivity index (χ1) is 9.61. The van der Waals surface area contributed by atoms with E-state index in [1.165, 1.54) is 0 Å². The van der Waals surface area contributed by atoms with Crippen molar-refractivity contribution >= 4 is 21.8 Å². The maximum Gasteiger partial charge on any atom is 0.253 e. The SMILES string of the molecule is CCCOC1CCCN(C(=O)c2ccc(C)c(Br)c2)C1. The van der Waals surface area contributed by atoms with Crippen molar-refractivity contribution in [2.75, 3.05) is 19.7 Å². The number of ether oxygens (including phenoxy) is 1. The molecule has 0 radical (unpaired) electrons. The molecule has 0 aromatic heterocycles. The number of rotatable bonds is 4. The van der Waals surface area contributed by atoms with Crippen molar-refractivity contribution in [3.63, 3.8) is 0 Å². The van der Waals surface area contributed by atoms with Crippen LogP contribution >= 0.6 is 15.9 Å². The van der Waals surface area contributed by atoms with Gasteiger partial charge in [0.25, 0.3) is 5.91 Å². The highest BCUT2D eigenvalue weighted by Gasteiger charge is 2.24. The van der Waals surface area contributed by atoms with Crippen LogP contribution in [0.2, 0.25) is 0 Å². The van der Waals surface area contributed by atoms with Gasteiger partial charge in [-0.05, 0) is 43.9 Å². The molecule has 1 heterocycles. The first-order valence-electron chi connectivity index (χ1n) is 7.29. The van der Waals surface area contributed by atoms with Gasteiger partial charge in [-0.2, -0.15) is 0 Å². The Morgan fingerprint density at radius 1 is 1.50 bits per heavy atom. The number of carbonyl (C=O) groups excluding carboxylic acids is 1. The van der Waals surface area contributed by atoms with E-state index < -0.39 is 0 Å². The van der Waals surface area contributed by atoms with E-state index >= 15 is 0 Å². The summed E-state index contributed by atoms with van der Waals surface area (Å²) in [7, 11) is 0. The van der Waals surface area contributed by atoms with Crippen molar-refractivity contribution < 1.29 is 9.53 Å². The zero-order valence-corrected chi connectivity index (χ0v) is 13.8. The van der Waals surface area contributed by atoms with Gasteiger partial charge in [0.1, 0.15) is 0 Å². The summed E-state index contributed by atoms with van der Waals surface area (Å²) < 4.78 is 6.77. The fraction of sp³-hybridized carbons (Fsp3) is 0.562. The fourth-order valence-electron chi connectivity index (χ4n) is 2.45. The van der Waals surface area contributed by atoms with Crippen molar-refractivity contribution in [3.8, 4) is 0 Å². The molecule has 1 aliphatic heterocycles. The quantitative estimate of drug-likeness (QED) is 0.835. The molecule has 1 aromatic carbocycles. The highest BCUT2D eigenvalue weighted by molar-refractivity contribution is 9.10. The smallest absolute Gasteiger partial charge is 0.253 e. The monoisotopic (exact) mass is 339 g/mol. The molecule has 0 N–H and O–H groups in total. The lowest BCUT2D eigenvalue weighted by molar-refractivity contribution is 0.00211. The van der Waals surface area contributed by atoms with E-state index in [2.05, 4.69) is 22.9 Å². The molecule has 0 bridgehead atoms. The minimum Gasteiger partial charge on any atom is -0.376 e. The summed E-state index contributed by atoms with van der Waals surface area (Å²) in [6.45, 7) is 6.45. The molecule has 2 rings (SSSR count). The summed E-state index contributed by atoms with van der Waals surface area (Å²) in [6.07, 6.45) is 3.30. The normalized spacial score (nSPS) is 19.1. The number of aryl methyl sites for hydroxylation is 1. The Morgan fingerprint density at radius 3 is 3.00 bits per heavy atom. The third-order valence-electron chi connectivity index (χ3n) is 3.64. The van der Waals surface area contributed by atoms with Crippen LogP contribution in [-0.4, -0.2) is 36.6 Å². The van der Waals surface area contributed by atoms with E-state index in [1.807, 2.05) is 30.0 Å². The van der Waals surface area contributed by atoms with Crippen LogP contribution in [0.5, 0.6) is 0 Å². The molecule has 0 aliphatic carbocycles. The molecule has 1 saturated heterocycles. The number of halogens is 1. The molecule has 110 valence electrons. The number of nitrogens with zero attached hydrogens (tertiary/aromatic N) is 1. The average Bonchev–Trinajstić information content (AvgIpc) is 2.47. The van der Waals surface area contributed by atoms with E-state index in [9.17, 15) is 4.79 Å². The van der Waals surface area contributed by atoms with Crippen LogP contribution in [0.4, 0.5) is 0 Å². The Kier molecular flexibility index (Phi) is 5.61. The third kappa shape index (κ3) is 3.83. The van der Waals surface area contributed by atoms with Gasteiger partial charge in [-0.3, -0.25) is 4.79 Å². The maximum atomic E-state index is 12.5. The van der Waals surface area contributed by atoms with Gasteiger partial charge in [0.15, 0.2) is 0 Å². The first kappa shape index (κ1) is 15.5. The minimum atomic E-state index is 0.107. The molecule has 4 heteroatoms. The zero-order chi connectivity index (χ0) is 14.5. The topological polar surface area (TPSA) is 29.5 Å². The predicted molar refractivity (Wildman–Crippen MR) is 84.0 cm³/mol. The Morgan fingerprint density at radius 2 is 2.30 bits per heavy atom. The average molecular weight is 340 g/mol. The molecule has 1 aromatic rings. The molecule has 1 amide bonds. The van der Waals surface area contributed by atoms with Crippen LogP contribution in [0.3, 0.4) is 0 Å². The fourth-order valence-corrected chi connectivity index (χ4v) is 2.83. The summed E-state index contributed by atoms with van der Waals surface area (Å²) in [5.41, 5.74) is 1.89. The van der Waals surface area contributed by atoms with Crippen molar-refractivity contribution in [2.45, 2.75) is 39.2 Å². The second kappa shape index (κ2) is 7.23. The van der Waals surface area contributed by atoms with Gasteiger partial charge >= 0.3 is 0 Å². The summed E-state index contributed by atoms with van der Waals surface area (Å²) >= 11 is 3.49. The van der Waals surface area contributed by atoms with Gasteiger partial charge in [-0.25, -0.2) is 0 Å². The molecule has 3 nitrogen and oxygen atoms in total. The van der Waals surface area contributed by atoms with Crippen LogP contribution in [0, 0.1) is 6.92 Å². The highest BCUT2D eigenvalue weighted by atomic mass is 79.9. The summed E-state index contributed by atoms with van der Waals surface area (Å²) in [5.74, 6) is 0.107. The molecule has 0 spiro atoms. The molecule has 20 heavy (non-hydrogen) atoms. The third-order valence-corrected chi connectivity index (χ3v) is 4.50. The second-order valence-electron chi connectivity index (χ2n) is 5.35. The van der Waals surface area contributed by atoms with E-state index in [1.54, 1.807) is 0 Å². The van der Waals surface area contributed by atoms with E-state index in [-0.39, 0.29) is 12.0 Å². The van der Waals surface area contributed by atoms with E-state index in [0.717, 1.165) is 48.0 Å². The molecule has 1 fully saturated rings. The minimum absolute atomic E-state index is 0.107. The highest BCUT2D eigenvalue weighted by Crippen LogP contribution is 2.21. The molecule has 0 saturated carbocycles. The molecule has 1 unspecified atom stereocenters. The van der Waals surface area contributed by atoms with Crippen molar-refractivity contribution in [1.82, 2.24) is 4.90 Å². The Labute approximate surface area is 129 Å². The van der Waals surface area contributed by atoms with Crippen LogP contribution in [0.25, 0.3) is 0 Å². The Hall–Kier alpha value is -0.870. The summed E-state index contributed by atoms with van der Waals surface area (Å²) in [5, 5.41) is 0. The number of piperidine rings is 1. The lowest BCUT2D eigenvalue weighted by atomic mass is 10.1. The van der Waals surface area contributed by atoms with E-state index in [0.29, 0.717) is 6.54 Å². The Bertz CT molecular complexity index is 476. The predicted octanol–water partition coefficient (Wildman–Crippen LogP) is 3.79. The maximum absolute atomic E-state index is 12.5. The lowest BCUT2D eigenvalue weighted by Gasteiger charge is -2.32. The van der Waals surface area contributed by atoms with Crippen LogP contribution in [-0.2, 0) is 4.74 Å². The Balaban J connectivity index is 2.02. The molecular weight excluding hydrogens is 318 g/mol. The van der Waals surface area contributed by atoms with Gasteiger partial charge in [-0.15, -0.1) is 0 Å².